The Balaban J connectivity index is 1.89. The van der Waals surface area contributed by atoms with Gasteiger partial charge in [0.25, 0.3) is 0 Å². The number of halogens is 1. The number of nitrogens with one attached hydrogen (secondary N) is 1. The van der Waals surface area contributed by atoms with Gasteiger partial charge < -0.3 is 10.2 Å². The first kappa shape index (κ1) is 15.0. The molecule has 0 aliphatic heterocycles. The molecular weight excluding hydrogens is 255 g/mol. The molecule has 0 aromatic heterocycles. The van der Waals surface area contributed by atoms with Crippen molar-refractivity contribution in [3.05, 3.63) is 35.6 Å². The Morgan fingerprint density at radius 3 is 2.55 bits per heavy atom. The number of amides is 1. The molecule has 1 N–H and O–H groups in total. The molecule has 0 bridgehead atoms. The number of hydrogen-bond donors (Lipinski definition) is 1. The number of nitrogens with zero attached hydrogens (tertiary/aromatic N) is 1. The quantitative estimate of drug-likeness (QED) is 0.831. The van der Waals surface area contributed by atoms with Gasteiger partial charge in [-0.05, 0) is 30.5 Å². The molecule has 110 valence electrons. The molecule has 0 spiro atoms. The van der Waals surface area contributed by atoms with E-state index in [0.717, 1.165) is 18.4 Å². The molecule has 1 aromatic rings. The van der Waals surface area contributed by atoms with Crippen LogP contribution in [0.15, 0.2) is 24.3 Å². The summed E-state index contributed by atoms with van der Waals surface area (Å²) in [4.78, 5) is 14.2. The van der Waals surface area contributed by atoms with Crippen LogP contribution in [0.2, 0.25) is 0 Å². The minimum absolute atomic E-state index is 0.185. The predicted octanol–water partition coefficient (Wildman–Crippen LogP) is 2.70. The molecule has 0 heterocycles. The van der Waals surface area contributed by atoms with E-state index in [2.05, 4.69) is 19.2 Å². The highest BCUT2D eigenvalue weighted by atomic mass is 19.1. The van der Waals surface area contributed by atoms with E-state index in [4.69, 9.17) is 0 Å². The van der Waals surface area contributed by atoms with E-state index < -0.39 is 0 Å². The van der Waals surface area contributed by atoms with Gasteiger partial charge in [-0.3, -0.25) is 4.79 Å². The van der Waals surface area contributed by atoms with Gasteiger partial charge in [-0.1, -0.05) is 26.0 Å². The maximum absolute atomic E-state index is 12.9. The molecule has 1 aromatic carbocycles. The van der Waals surface area contributed by atoms with Crippen LogP contribution in [0.4, 0.5) is 4.39 Å². The average Bonchev–Trinajstić information content (AvgIpc) is 3.21. The molecule has 0 saturated heterocycles. The fourth-order valence-electron chi connectivity index (χ4n) is 2.21. The van der Waals surface area contributed by atoms with Crippen LogP contribution in [0.25, 0.3) is 0 Å². The van der Waals surface area contributed by atoms with Crippen LogP contribution in [0.5, 0.6) is 0 Å². The van der Waals surface area contributed by atoms with E-state index in [-0.39, 0.29) is 11.7 Å². The third-order valence-electron chi connectivity index (χ3n) is 3.47. The summed E-state index contributed by atoms with van der Waals surface area (Å²) in [5.74, 6) is -0.0517. The zero-order valence-corrected chi connectivity index (χ0v) is 12.2. The molecule has 4 heteroatoms. The monoisotopic (exact) mass is 278 g/mol. The second kappa shape index (κ2) is 6.84. The molecule has 2 rings (SSSR count). The first-order chi connectivity index (χ1) is 9.56. The Morgan fingerprint density at radius 2 is 2.00 bits per heavy atom. The van der Waals surface area contributed by atoms with Crippen LogP contribution >= 0.6 is 0 Å². The van der Waals surface area contributed by atoms with Crippen LogP contribution in [0.1, 0.15) is 38.7 Å². The SMILES string of the molecule is CC(C)NCCC(=O)N(Cc1ccc(F)cc1)C1CC1. The number of rotatable bonds is 7. The van der Waals surface area contributed by atoms with Gasteiger partial charge in [-0.25, -0.2) is 4.39 Å². The van der Waals surface area contributed by atoms with E-state index in [1.54, 1.807) is 12.1 Å². The van der Waals surface area contributed by atoms with Gasteiger partial charge in [0.2, 0.25) is 5.91 Å². The third-order valence-corrected chi connectivity index (χ3v) is 3.47. The van der Waals surface area contributed by atoms with Crippen molar-refractivity contribution in [2.45, 2.75) is 51.7 Å². The van der Waals surface area contributed by atoms with Crippen LogP contribution in [0.3, 0.4) is 0 Å². The van der Waals surface area contributed by atoms with Crippen molar-refractivity contribution in [1.82, 2.24) is 10.2 Å². The second-order valence-corrected chi connectivity index (χ2v) is 5.74. The van der Waals surface area contributed by atoms with Crippen LogP contribution in [0, 0.1) is 5.82 Å². The van der Waals surface area contributed by atoms with Crippen molar-refractivity contribution in [1.29, 1.82) is 0 Å². The lowest BCUT2D eigenvalue weighted by molar-refractivity contribution is -0.132. The summed E-state index contributed by atoms with van der Waals surface area (Å²) in [6.45, 7) is 5.44. The molecule has 1 saturated carbocycles. The van der Waals surface area contributed by atoms with Crippen molar-refractivity contribution >= 4 is 5.91 Å². The fraction of sp³-hybridized carbons (Fsp3) is 0.562. The molecule has 3 nitrogen and oxygen atoms in total. The maximum atomic E-state index is 12.9. The van der Waals surface area contributed by atoms with Crippen molar-refractivity contribution < 1.29 is 9.18 Å². The Bertz CT molecular complexity index is 440. The van der Waals surface area contributed by atoms with Crippen LogP contribution < -0.4 is 5.32 Å². The number of hydrogen-bond acceptors (Lipinski definition) is 2. The van der Waals surface area contributed by atoms with E-state index in [0.29, 0.717) is 31.6 Å². The van der Waals surface area contributed by atoms with Gasteiger partial charge in [0.15, 0.2) is 0 Å². The standard InChI is InChI=1S/C16H23FN2O/c1-12(2)18-10-9-16(20)19(15-7-8-15)11-13-3-5-14(17)6-4-13/h3-6,12,15,18H,7-11H2,1-2H3. The second-order valence-electron chi connectivity index (χ2n) is 5.74. The zero-order valence-electron chi connectivity index (χ0n) is 12.2. The number of benzene rings is 1. The molecule has 1 aliphatic rings. The lowest BCUT2D eigenvalue weighted by atomic mass is 10.2. The highest BCUT2D eigenvalue weighted by Gasteiger charge is 2.32. The van der Waals surface area contributed by atoms with Crippen molar-refractivity contribution in [3.8, 4) is 0 Å². The number of carbonyl (C=O) groups is 1. The highest BCUT2D eigenvalue weighted by Crippen LogP contribution is 2.28. The summed E-state index contributed by atoms with van der Waals surface area (Å²) in [6.07, 6.45) is 2.70. The average molecular weight is 278 g/mol. The minimum atomic E-state index is -0.237. The van der Waals surface area contributed by atoms with E-state index in [9.17, 15) is 9.18 Å². The predicted molar refractivity (Wildman–Crippen MR) is 77.7 cm³/mol. The maximum Gasteiger partial charge on any atom is 0.224 e. The topological polar surface area (TPSA) is 32.3 Å². The molecular formula is C16H23FN2O. The molecule has 1 aliphatic carbocycles. The van der Waals surface area contributed by atoms with Gasteiger partial charge in [-0.15, -0.1) is 0 Å². The van der Waals surface area contributed by atoms with Gasteiger partial charge in [-0.2, -0.15) is 0 Å². The van der Waals surface area contributed by atoms with Crippen LogP contribution in [-0.2, 0) is 11.3 Å². The molecule has 1 amide bonds. The van der Waals surface area contributed by atoms with Gasteiger partial charge in [0.1, 0.15) is 5.82 Å². The molecule has 20 heavy (non-hydrogen) atoms. The summed E-state index contributed by atoms with van der Waals surface area (Å²) in [6, 6.07) is 7.19. The first-order valence-corrected chi connectivity index (χ1v) is 7.33. The Labute approximate surface area is 120 Å². The Kier molecular flexibility index (Phi) is 5.12. The smallest absolute Gasteiger partial charge is 0.224 e. The molecule has 0 unspecified atom stereocenters. The van der Waals surface area contributed by atoms with E-state index in [1.807, 2.05) is 4.90 Å². The third kappa shape index (κ3) is 4.60. The summed E-state index contributed by atoms with van der Waals surface area (Å²) < 4.78 is 12.9. The lowest BCUT2D eigenvalue weighted by Gasteiger charge is -2.23. The minimum Gasteiger partial charge on any atom is -0.335 e. The normalized spacial score (nSPS) is 14.6. The van der Waals surface area contributed by atoms with E-state index >= 15 is 0 Å². The molecule has 0 radical (unpaired) electrons. The van der Waals surface area contributed by atoms with Crippen molar-refractivity contribution in [2.24, 2.45) is 0 Å². The summed E-state index contributed by atoms with van der Waals surface area (Å²) >= 11 is 0. The number of carbonyl (C=O) groups excluding carboxylic acids is 1. The Morgan fingerprint density at radius 1 is 1.35 bits per heavy atom. The zero-order chi connectivity index (χ0) is 14.5. The van der Waals surface area contributed by atoms with Gasteiger partial charge in [0, 0.05) is 31.6 Å². The van der Waals surface area contributed by atoms with Crippen molar-refractivity contribution in [3.63, 3.8) is 0 Å². The summed E-state index contributed by atoms with van der Waals surface area (Å²) in [5.41, 5.74) is 0.989. The van der Waals surface area contributed by atoms with Gasteiger partial charge >= 0.3 is 0 Å². The summed E-state index contributed by atoms with van der Waals surface area (Å²) in [5, 5.41) is 3.26. The lowest BCUT2D eigenvalue weighted by Crippen LogP contribution is -2.35. The molecule has 1 fully saturated rings. The largest absolute Gasteiger partial charge is 0.335 e. The first-order valence-electron chi connectivity index (χ1n) is 7.33. The van der Waals surface area contributed by atoms with Gasteiger partial charge in [0.05, 0.1) is 0 Å². The fourth-order valence-corrected chi connectivity index (χ4v) is 2.21. The summed E-state index contributed by atoms with van der Waals surface area (Å²) in [7, 11) is 0. The van der Waals surface area contributed by atoms with Crippen molar-refractivity contribution in [2.75, 3.05) is 6.54 Å². The Hall–Kier alpha value is -1.42. The molecule has 0 atom stereocenters. The van der Waals surface area contributed by atoms with E-state index in [1.165, 1.54) is 12.1 Å². The highest BCUT2D eigenvalue weighted by molar-refractivity contribution is 5.77. The van der Waals surface area contributed by atoms with Crippen LogP contribution in [-0.4, -0.2) is 29.4 Å².